The highest BCUT2D eigenvalue weighted by Gasteiger charge is 2.18. The molecule has 2 aromatic rings. The Morgan fingerprint density at radius 3 is 2.86 bits per heavy atom. The number of pyridine rings is 1. The maximum Gasteiger partial charge on any atom is 0.340 e. The first kappa shape index (κ1) is 14.3. The van der Waals surface area contributed by atoms with E-state index >= 15 is 0 Å². The number of H-pyrrole nitrogens is 2. The molecule has 0 spiro atoms. The van der Waals surface area contributed by atoms with Gasteiger partial charge in [-0.1, -0.05) is 0 Å². The molecule has 0 saturated carbocycles. The summed E-state index contributed by atoms with van der Waals surface area (Å²) in [6.45, 7) is 1.96. The van der Waals surface area contributed by atoms with Gasteiger partial charge < -0.3 is 10.2 Å². The van der Waals surface area contributed by atoms with Crippen LogP contribution in [0.15, 0.2) is 23.1 Å². The van der Waals surface area contributed by atoms with Crippen molar-refractivity contribution in [2.24, 2.45) is 0 Å². The first-order valence-electron chi connectivity index (χ1n) is 7.35. The summed E-state index contributed by atoms with van der Waals surface area (Å²) in [6, 6.07) is 3.44. The van der Waals surface area contributed by atoms with Crippen LogP contribution in [0, 0.1) is 0 Å². The molecule has 2 aromatic heterocycles. The number of piperidine rings is 1. The fraction of sp³-hybridized carbons (Fsp3) is 0.429. The molecular formula is C14H18N6O2. The number of hydrogen-bond acceptors (Lipinski definition) is 5. The molecule has 1 fully saturated rings. The molecule has 0 aromatic carbocycles. The minimum absolute atomic E-state index is 0.0401. The van der Waals surface area contributed by atoms with Crippen LogP contribution in [0.5, 0.6) is 0 Å². The highest BCUT2D eigenvalue weighted by Crippen LogP contribution is 2.15. The van der Waals surface area contributed by atoms with Crippen molar-refractivity contribution in [2.45, 2.75) is 25.8 Å². The molecule has 3 rings (SSSR count). The van der Waals surface area contributed by atoms with Crippen molar-refractivity contribution in [3.05, 3.63) is 40.2 Å². The molecule has 1 aliphatic rings. The van der Waals surface area contributed by atoms with E-state index in [0.29, 0.717) is 23.8 Å². The average Bonchev–Trinajstić information content (AvgIpc) is 2.99. The molecule has 0 bridgehead atoms. The largest absolute Gasteiger partial charge is 0.363 e. The Balaban J connectivity index is 1.66. The van der Waals surface area contributed by atoms with Crippen molar-refractivity contribution in [1.82, 2.24) is 25.1 Å². The van der Waals surface area contributed by atoms with Gasteiger partial charge in [-0.05, 0) is 31.4 Å². The summed E-state index contributed by atoms with van der Waals surface area (Å²) in [7, 11) is 0. The predicted molar refractivity (Wildman–Crippen MR) is 80.5 cm³/mol. The summed E-state index contributed by atoms with van der Waals surface area (Å²) in [5, 5.41) is 9.14. The van der Waals surface area contributed by atoms with Crippen LogP contribution < -0.4 is 11.0 Å². The summed E-state index contributed by atoms with van der Waals surface area (Å²) in [5.41, 5.74) is 0.272. The molecule has 0 aliphatic carbocycles. The van der Waals surface area contributed by atoms with Crippen LogP contribution in [0.2, 0.25) is 0 Å². The van der Waals surface area contributed by atoms with E-state index in [4.69, 9.17) is 0 Å². The van der Waals surface area contributed by atoms with E-state index in [2.05, 4.69) is 25.5 Å². The highest BCUT2D eigenvalue weighted by atomic mass is 16.2. The van der Waals surface area contributed by atoms with Gasteiger partial charge in [0.2, 0.25) is 0 Å². The summed E-state index contributed by atoms with van der Waals surface area (Å²) in [5.74, 6) is 1.10. The minimum atomic E-state index is -0.348. The zero-order valence-electron chi connectivity index (χ0n) is 12.1. The van der Waals surface area contributed by atoms with Crippen LogP contribution in [-0.4, -0.2) is 44.1 Å². The van der Waals surface area contributed by atoms with Gasteiger partial charge in [0.25, 0.3) is 5.91 Å². The molecule has 22 heavy (non-hydrogen) atoms. The Hall–Kier alpha value is -2.64. The third-order valence-corrected chi connectivity index (χ3v) is 3.64. The van der Waals surface area contributed by atoms with Crippen LogP contribution in [0.1, 0.15) is 35.4 Å². The second kappa shape index (κ2) is 6.42. The number of likely N-dealkylation sites (tertiary alicyclic amines) is 1. The normalized spacial score (nSPS) is 14.8. The van der Waals surface area contributed by atoms with Crippen LogP contribution in [0.3, 0.4) is 0 Å². The van der Waals surface area contributed by atoms with Gasteiger partial charge in [-0.3, -0.25) is 9.78 Å². The summed E-state index contributed by atoms with van der Waals surface area (Å²) in [4.78, 5) is 32.0. The number of nitrogens with one attached hydrogen (secondary N) is 3. The van der Waals surface area contributed by atoms with Crippen molar-refractivity contribution in [2.75, 3.05) is 18.4 Å². The molecule has 8 heteroatoms. The molecule has 1 amide bonds. The maximum atomic E-state index is 12.4. The van der Waals surface area contributed by atoms with Gasteiger partial charge >= 0.3 is 5.69 Å². The Morgan fingerprint density at radius 1 is 1.32 bits per heavy atom. The Labute approximate surface area is 127 Å². The minimum Gasteiger partial charge on any atom is -0.363 e. The standard InChI is InChI=1S/C14H18N6O2/c21-13(20-6-2-1-3-7-20)10-4-5-15-11(8-10)16-9-12-17-14(22)19-18-12/h4-5,8H,1-3,6-7,9H2,(H,15,16)(H2,17,18,19,22). The first-order valence-corrected chi connectivity index (χ1v) is 7.35. The Kier molecular flexibility index (Phi) is 4.17. The number of aromatic nitrogens is 4. The van der Waals surface area contributed by atoms with E-state index in [-0.39, 0.29) is 11.6 Å². The summed E-state index contributed by atoms with van der Waals surface area (Å²) < 4.78 is 0. The van der Waals surface area contributed by atoms with Crippen LogP contribution in [-0.2, 0) is 6.54 Å². The fourth-order valence-electron chi connectivity index (χ4n) is 2.50. The quantitative estimate of drug-likeness (QED) is 0.772. The number of amides is 1. The number of carbonyl (C=O) groups excluding carboxylic acids is 1. The Morgan fingerprint density at radius 2 is 2.14 bits per heavy atom. The number of nitrogens with zero attached hydrogens (tertiary/aromatic N) is 3. The van der Waals surface area contributed by atoms with Gasteiger partial charge in [-0.15, -0.1) is 0 Å². The number of rotatable bonds is 4. The topological polar surface area (TPSA) is 107 Å². The molecule has 1 aliphatic heterocycles. The lowest BCUT2D eigenvalue weighted by molar-refractivity contribution is 0.0724. The molecule has 8 nitrogen and oxygen atoms in total. The Bertz CT molecular complexity index is 701. The molecule has 116 valence electrons. The fourth-order valence-corrected chi connectivity index (χ4v) is 2.50. The van der Waals surface area contributed by atoms with E-state index in [1.807, 2.05) is 4.90 Å². The van der Waals surface area contributed by atoms with E-state index < -0.39 is 0 Å². The lowest BCUT2D eigenvalue weighted by atomic mass is 10.1. The molecule has 0 radical (unpaired) electrons. The van der Waals surface area contributed by atoms with E-state index in [1.165, 1.54) is 6.42 Å². The zero-order chi connectivity index (χ0) is 15.4. The number of anilines is 1. The molecule has 0 atom stereocenters. The number of aromatic amines is 2. The van der Waals surface area contributed by atoms with Gasteiger partial charge in [0.05, 0.1) is 6.54 Å². The number of hydrogen-bond donors (Lipinski definition) is 3. The van der Waals surface area contributed by atoms with Gasteiger partial charge in [-0.25, -0.2) is 14.9 Å². The molecule has 3 heterocycles. The summed E-state index contributed by atoms with van der Waals surface area (Å²) in [6.07, 6.45) is 4.92. The monoisotopic (exact) mass is 302 g/mol. The molecule has 0 unspecified atom stereocenters. The first-order chi connectivity index (χ1) is 10.7. The van der Waals surface area contributed by atoms with E-state index in [0.717, 1.165) is 25.9 Å². The SMILES string of the molecule is O=C(c1ccnc(NCc2n[nH]c(=O)[nH]2)c1)N1CCCCC1. The lowest BCUT2D eigenvalue weighted by Gasteiger charge is -2.26. The highest BCUT2D eigenvalue weighted by molar-refractivity contribution is 5.94. The second-order valence-corrected chi connectivity index (χ2v) is 5.26. The third kappa shape index (κ3) is 3.33. The van der Waals surface area contributed by atoms with Crippen molar-refractivity contribution in [3.63, 3.8) is 0 Å². The van der Waals surface area contributed by atoms with Crippen LogP contribution in [0.25, 0.3) is 0 Å². The van der Waals surface area contributed by atoms with Gasteiger partial charge in [0.1, 0.15) is 11.6 Å². The molecule has 3 N–H and O–H groups in total. The van der Waals surface area contributed by atoms with E-state index in [1.54, 1.807) is 18.3 Å². The smallest absolute Gasteiger partial charge is 0.340 e. The van der Waals surface area contributed by atoms with Gasteiger partial charge in [0.15, 0.2) is 0 Å². The average molecular weight is 302 g/mol. The van der Waals surface area contributed by atoms with E-state index in [9.17, 15) is 9.59 Å². The molecule has 1 saturated heterocycles. The van der Waals surface area contributed by atoms with Crippen molar-refractivity contribution < 1.29 is 4.79 Å². The lowest BCUT2D eigenvalue weighted by Crippen LogP contribution is -2.35. The predicted octanol–water partition coefficient (Wildman–Crippen LogP) is 0.731. The third-order valence-electron chi connectivity index (χ3n) is 3.64. The van der Waals surface area contributed by atoms with Crippen molar-refractivity contribution in [1.29, 1.82) is 0 Å². The van der Waals surface area contributed by atoms with Gasteiger partial charge in [0, 0.05) is 24.8 Å². The zero-order valence-corrected chi connectivity index (χ0v) is 12.1. The second-order valence-electron chi connectivity index (χ2n) is 5.26. The van der Waals surface area contributed by atoms with Crippen molar-refractivity contribution in [3.8, 4) is 0 Å². The van der Waals surface area contributed by atoms with Gasteiger partial charge in [-0.2, -0.15) is 5.10 Å². The van der Waals surface area contributed by atoms with Crippen LogP contribution in [0.4, 0.5) is 5.82 Å². The van der Waals surface area contributed by atoms with Crippen molar-refractivity contribution >= 4 is 11.7 Å². The number of carbonyl (C=O) groups is 1. The molecular weight excluding hydrogens is 284 g/mol. The van der Waals surface area contributed by atoms with Crippen LogP contribution >= 0.6 is 0 Å². The maximum absolute atomic E-state index is 12.4. The summed E-state index contributed by atoms with van der Waals surface area (Å²) >= 11 is 0.